The Morgan fingerprint density at radius 2 is 1.68 bits per heavy atom. The van der Waals surface area contributed by atoms with Crippen LogP contribution in [0.2, 0.25) is 0 Å². The third-order valence-corrected chi connectivity index (χ3v) is 2.74. The number of anilines is 2. The maximum atomic E-state index is 11.4. The second kappa shape index (κ2) is 5.27. The maximum Gasteiger partial charge on any atom is 0.249 e. The summed E-state index contributed by atoms with van der Waals surface area (Å²) in [6, 6.07) is 12.8. The highest BCUT2D eigenvalue weighted by Crippen LogP contribution is 2.23. The number of amides is 1. The number of rotatable bonds is 3. The molecule has 0 bridgehead atoms. The van der Waals surface area contributed by atoms with Crippen LogP contribution in [-0.2, 0) is 0 Å². The Labute approximate surface area is 111 Å². The molecule has 0 aliphatic carbocycles. The van der Waals surface area contributed by atoms with Gasteiger partial charge in [-0.2, -0.15) is 0 Å². The van der Waals surface area contributed by atoms with Crippen LogP contribution >= 0.6 is 0 Å². The monoisotopic (exact) mass is 253 g/mol. The molecule has 0 saturated heterocycles. The van der Waals surface area contributed by atoms with Gasteiger partial charge in [0.25, 0.3) is 0 Å². The Morgan fingerprint density at radius 3 is 2.32 bits per heavy atom. The summed E-state index contributed by atoms with van der Waals surface area (Å²) in [5.41, 5.74) is 19.7. The number of carbonyl (C=O) groups excluding carboxylic acids is 1. The van der Waals surface area contributed by atoms with E-state index in [0.29, 0.717) is 22.5 Å². The van der Waals surface area contributed by atoms with E-state index in [-0.39, 0.29) is 0 Å². The number of hydrogen-bond donors (Lipinski definition) is 3. The summed E-state index contributed by atoms with van der Waals surface area (Å²) < 4.78 is 0. The molecule has 4 heteroatoms. The fraction of sp³-hybridized carbons (Fsp3) is 0. The lowest BCUT2D eigenvalue weighted by atomic mass is 10.0. The summed E-state index contributed by atoms with van der Waals surface area (Å²) in [6.07, 6.45) is 3.64. The number of primary amides is 1. The Hall–Kier alpha value is -2.75. The SMILES string of the molecule is NC(=O)c1cc(N)cc(N)c1C=Cc1ccccc1. The Kier molecular flexibility index (Phi) is 3.52. The van der Waals surface area contributed by atoms with Crippen molar-refractivity contribution >= 4 is 29.4 Å². The zero-order chi connectivity index (χ0) is 13.8. The van der Waals surface area contributed by atoms with Crippen LogP contribution in [0.25, 0.3) is 12.2 Å². The van der Waals surface area contributed by atoms with Crippen LogP contribution in [0.3, 0.4) is 0 Å². The fourth-order valence-electron chi connectivity index (χ4n) is 1.83. The first-order valence-corrected chi connectivity index (χ1v) is 5.80. The summed E-state index contributed by atoms with van der Waals surface area (Å²) >= 11 is 0. The van der Waals surface area contributed by atoms with Crippen molar-refractivity contribution in [3.8, 4) is 0 Å². The highest BCUT2D eigenvalue weighted by molar-refractivity contribution is 6.00. The van der Waals surface area contributed by atoms with Crippen LogP contribution in [0.15, 0.2) is 42.5 Å². The standard InChI is InChI=1S/C15H15N3O/c16-11-8-13(15(18)19)12(14(17)9-11)7-6-10-4-2-1-3-5-10/h1-9H,16-17H2,(H2,18,19). The van der Waals surface area contributed by atoms with E-state index in [1.54, 1.807) is 12.1 Å². The summed E-state index contributed by atoms with van der Waals surface area (Å²) in [4.78, 5) is 11.4. The lowest BCUT2D eigenvalue weighted by Crippen LogP contribution is -2.14. The van der Waals surface area contributed by atoms with Gasteiger partial charge in [0.05, 0.1) is 5.56 Å². The minimum atomic E-state index is -0.549. The quantitative estimate of drug-likeness (QED) is 0.577. The molecule has 6 N–H and O–H groups in total. The zero-order valence-electron chi connectivity index (χ0n) is 10.3. The maximum absolute atomic E-state index is 11.4. The zero-order valence-corrected chi connectivity index (χ0v) is 10.3. The molecule has 0 aliphatic heterocycles. The number of benzene rings is 2. The van der Waals surface area contributed by atoms with Crippen LogP contribution in [0.1, 0.15) is 21.5 Å². The lowest BCUT2D eigenvalue weighted by molar-refractivity contribution is 0.1000. The predicted octanol–water partition coefficient (Wildman–Crippen LogP) is 2.12. The average Bonchev–Trinajstić information content (AvgIpc) is 2.38. The summed E-state index contributed by atoms with van der Waals surface area (Å²) in [5, 5.41) is 0. The highest BCUT2D eigenvalue weighted by Gasteiger charge is 2.10. The molecule has 0 heterocycles. The van der Waals surface area contributed by atoms with Crippen LogP contribution in [0.4, 0.5) is 11.4 Å². The fourth-order valence-corrected chi connectivity index (χ4v) is 1.83. The van der Waals surface area contributed by atoms with E-state index < -0.39 is 5.91 Å². The van der Waals surface area contributed by atoms with Crippen molar-refractivity contribution in [3.05, 3.63) is 59.2 Å². The smallest absolute Gasteiger partial charge is 0.249 e. The van der Waals surface area contributed by atoms with Crippen molar-refractivity contribution in [1.29, 1.82) is 0 Å². The number of nitrogens with two attached hydrogens (primary N) is 3. The van der Waals surface area contributed by atoms with Gasteiger partial charge in [-0.25, -0.2) is 0 Å². The molecule has 2 aromatic rings. The first-order chi connectivity index (χ1) is 9.08. The molecule has 0 radical (unpaired) electrons. The van der Waals surface area contributed by atoms with Gasteiger partial charge in [0.15, 0.2) is 0 Å². The lowest BCUT2D eigenvalue weighted by Gasteiger charge is -2.07. The topological polar surface area (TPSA) is 95.1 Å². The molecule has 0 unspecified atom stereocenters. The first kappa shape index (κ1) is 12.7. The average molecular weight is 253 g/mol. The second-order valence-electron chi connectivity index (χ2n) is 4.18. The van der Waals surface area contributed by atoms with E-state index in [1.807, 2.05) is 36.4 Å². The van der Waals surface area contributed by atoms with Gasteiger partial charge in [-0.1, -0.05) is 42.5 Å². The van der Waals surface area contributed by atoms with E-state index in [0.717, 1.165) is 5.56 Å². The van der Waals surface area contributed by atoms with E-state index in [9.17, 15) is 4.79 Å². The van der Waals surface area contributed by atoms with Crippen molar-refractivity contribution in [2.45, 2.75) is 0 Å². The number of carbonyl (C=O) groups is 1. The predicted molar refractivity (Wildman–Crippen MR) is 79.2 cm³/mol. The first-order valence-electron chi connectivity index (χ1n) is 5.80. The molecular weight excluding hydrogens is 238 g/mol. The van der Waals surface area contributed by atoms with Gasteiger partial charge in [0, 0.05) is 16.9 Å². The van der Waals surface area contributed by atoms with Crippen molar-refractivity contribution in [2.75, 3.05) is 11.5 Å². The molecule has 4 nitrogen and oxygen atoms in total. The number of hydrogen-bond acceptors (Lipinski definition) is 3. The Balaban J connectivity index is 2.45. The van der Waals surface area contributed by atoms with E-state index >= 15 is 0 Å². The summed E-state index contributed by atoms with van der Waals surface area (Å²) in [6.45, 7) is 0. The van der Waals surface area contributed by atoms with Crippen LogP contribution < -0.4 is 17.2 Å². The van der Waals surface area contributed by atoms with Crippen molar-refractivity contribution in [3.63, 3.8) is 0 Å². The van der Waals surface area contributed by atoms with Crippen LogP contribution in [-0.4, -0.2) is 5.91 Å². The Morgan fingerprint density at radius 1 is 1.00 bits per heavy atom. The number of nitrogen functional groups attached to an aromatic ring is 2. The van der Waals surface area contributed by atoms with Gasteiger partial charge in [0.2, 0.25) is 5.91 Å². The molecule has 96 valence electrons. The van der Waals surface area contributed by atoms with E-state index in [2.05, 4.69) is 0 Å². The van der Waals surface area contributed by atoms with Gasteiger partial charge in [0.1, 0.15) is 0 Å². The largest absolute Gasteiger partial charge is 0.399 e. The molecule has 0 aromatic heterocycles. The molecule has 19 heavy (non-hydrogen) atoms. The summed E-state index contributed by atoms with van der Waals surface area (Å²) in [7, 11) is 0. The molecule has 0 spiro atoms. The van der Waals surface area contributed by atoms with Crippen LogP contribution in [0, 0.1) is 0 Å². The normalized spacial score (nSPS) is 10.7. The molecule has 1 amide bonds. The van der Waals surface area contributed by atoms with Crippen molar-refractivity contribution < 1.29 is 4.79 Å². The minimum Gasteiger partial charge on any atom is -0.399 e. The van der Waals surface area contributed by atoms with Gasteiger partial charge in [-0.3, -0.25) is 4.79 Å². The van der Waals surface area contributed by atoms with Crippen LogP contribution in [0.5, 0.6) is 0 Å². The van der Waals surface area contributed by atoms with Crippen molar-refractivity contribution in [1.82, 2.24) is 0 Å². The van der Waals surface area contributed by atoms with E-state index in [1.165, 1.54) is 6.07 Å². The molecular formula is C15H15N3O. The molecule has 0 saturated carbocycles. The van der Waals surface area contributed by atoms with Gasteiger partial charge < -0.3 is 17.2 Å². The molecule has 2 rings (SSSR count). The third-order valence-electron chi connectivity index (χ3n) is 2.74. The molecule has 0 aliphatic rings. The third kappa shape index (κ3) is 2.93. The van der Waals surface area contributed by atoms with Gasteiger partial charge >= 0.3 is 0 Å². The molecule has 2 aromatic carbocycles. The van der Waals surface area contributed by atoms with Gasteiger partial charge in [-0.05, 0) is 17.7 Å². The molecule has 0 atom stereocenters. The van der Waals surface area contributed by atoms with Crippen molar-refractivity contribution in [2.24, 2.45) is 5.73 Å². The molecule has 0 fully saturated rings. The Bertz CT molecular complexity index is 633. The van der Waals surface area contributed by atoms with E-state index in [4.69, 9.17) is 17.2 Å². The highest BCUT2D eigenvalue weighted by atomic mass is 16.1. The summed E-state index contributed by atoms with van der Waals surface area (Å²) in [5.74, 6) is -0.549. The minimum absolute atomic E-state index is 0.324. The second-order valence-corrected chi connectivity index (χ2v) is 4.18. The van der Waals surface area contributed by atoms with Gasteiger partial charge in [-0.15, -0.1) is 0 Å².